The van der Waals surface area contributed by atoms with Crippen molar-refractivity contribution < 1.29 is 15.0 Å². The molecule has 0 amide bonds. The number of rotatable bonds is 6. The Bertz CT molecular complexity index is 461. The monoisotopic (exact) mass is 286 g/mol. The van der Waals surface area contributed by atoms with Gasteiger partial charge in [-0.05, 0) is 31.4 Å². The first-order valence-electron chi connectivity index (χ1n) is 6.07. The molecular weight excluding hydrogens is 268 g/mol. The molecule has 0 fully saturated rings. The predicted octanol–water partition coefficient (Wildman–Crippen LogP) is 2.64. The second-order valence-corrected chi connectivity index (χ2v) is 5.69. The van der Waals surface area contributed by atoms with Crippen molar-refractivity contribution in [2.24, 2.45) is 5.92 Å². The molecule has 0 saturated heterocycles. The molecule has 1 atom stereocenters. The van der Waals surface area contributed by atoms with Crippen molar-refractivity contribution in [3.63, 3.8) is 0 Å². The number of carbonyl (C=O) groups is 1. The van der Waals surface area contributed by atoms with Crippen molar-refractivity contribution in [2.75, 3.05) is 11.9 Å². The van der Waals surface area contributed by atoms with E-state index in [1.54, 1.807) is 13.0 Å². The first-order valence-corrected chi connectivity index (χ1v) is 6.45. The lowest BCUT2D eigenvalue weighted by Gasteiger charge is -2.25. The van der Waals surface area contributed by atoms with E-state index in [9.17, 15) is 9.90 Å². The number of hydrogen-bond donors (Lipinski definition) is 3. The third-order valence-corrected chi connectivity index (χ3v) is 2.85. The largest absolute Gasteiger partial charge is 0.476 e. The number of nitrogens with zero attached hydrogens (tertiary/aromatic N) is 1. The van der Waals surface area contributed by atoms with Gasteiger partial charge in [-0.15, -0.1) is 0 Å². The molecule has 1 aromatic rings. The van der Waals surface area contributed by atoms with Crippen LogP contribution in [-0.4, -0.2) is 33.3 Å². The summed E-state index contributed by atoms with van der Waals surface area (Å²) in [5.74, 6) is -0.432. The molecule has 0 spiro atoms. The molecule has 5 nitrogen and oxygen atoms in total. The Morgan fingerprint density at radius 2 is 2.16 bits per heavy atom. The number of carboxylic acids is 1. The van der Waals surface area contributed by atoms with Crippen molar-refractivity contribution in [2.45, 2.75) is 32.8 Å². The van der Waals surface area contributed by atoms with Crippen molar-refractivity contribution >= 4 is 23.4 Å². The third kappa shape index (κ3) is 5.04. The Labute approximate surface area is 117 Å². The lowest BCUT2D eigenvalue weighted by Crippen LogP contribution is -2.35. The molecule has 1 rings (SSSR count). The summed E-state index contributed by atoms with van der Waals surface area (Å²) in [7, 11) is 0. The minimum atomic E-state index is -1.18. The Morgan fingerprint density at radius 1 is 1.53 bits per heavy atom. The zero-order valence-corrected chi connectivity index (χ0v) is 12.0. The number of aliphatic hydroxyl groups is 1. The Balaban J connectivity index is 2.73. The van der Waals surface area contributed by atoms with Gasteiger partial charge in [0.05, 0.1) is 10.6 Å². The minimum absolute atomic E-state index is 0.0898. The number of aromatic nitrogens is 1. The maximum atomic E-state index is 10.9. The summed E-state index contributed by atoms with van der Waals surface area (Å²) >= 11 is 5.73. The molecule has 1 heterocycles. The quantitative estimate of drug-likeness (QED) is 0.749. The van der Waals surface area contributed by atoms with Gasteiger partial charge in [0.15, 0.2) is 5.69 Å². The van der Waals surface area contributed by atoms with Gasteiger partial charge in [0, 0.05) is 6.54 Å². The van der Waals surface area contributed by atoms with Crippen molar-refractivity contribution in [3.8, 4) is 0 Å². The van der Waals surface area contributed by atoms with Gasteiger partial charge in [-0.3, -0.25) is 0 Å². The number of aromatic carboxylic acids is 1. The average Bonchev–Trinajstić information content (AvgIpc) is 2.26. The number of hydrogen-bond acceptors (Lipinski definition) is 4. The van der Waals surface area contributed by atoms with Gasteiger partial charge in [-0.1, -0.05) is 25.4 Å². The van der Waals surface area contributed by atoms with E-state index in [0.29, 0.717) is 24.7 Å². The first kappa shape index (κ1) is 15.7. The van der Waals surface area contributed by atoms with Crippen molar-refractivity contribution in [3.05, 3.63) is 22.8 Å². The van der Waals surface area contributed by atoms with Crippen LogP contribution in [0, 0.1) is 5.92 Å². The standard InChI is InChI=1S/C13H19ClN2O3/c1-8(2)6-13(3,19)7-15-10-5-4-9(14)11(16-10)12(17)18/h4-5,8,19H,6-7H2,1-3H3,(H,15,16)(H,17,18). The predicted molar refractivity (Wildman–Crippen MR) is 74.8 cm³/mol. The van der Waals surface area contributed by atoms with Gasteiger partial charge in [0.2, 0.25) is 0 Å². The van der Waals surface area contributed by atoms with Crippen LogP contribution in [0.15, 0.2) is 12.1 Å². The zero-order chi connectivity index (χ0) is 14.6. The fraction of sp³-hybridized carbons (Fsp3) is 0.538. The second-order valence-electron chi connectivity index (χ2n) is 5.28. The van der Waals surface area contributed by atoms with E-state index in [1.165, 1.54) is 6.07 Å². The third-order valence-electron chi connectivity index (χ3n) is 2.55. The lowest BCUT2D eigenvalue weighted by molar-refractivity contribution is 0.0515. The highest BCUT2D eigenvalue weighted by atomic mass is 35.5. The highest BCUT2D eigenvalue weighted by molar-refractivity contribution is 6.33. The molecule has 106 valence electrons. The van der Waals surface area contributed by atoms with E-state index in [-0.39, 0.29) is 10.7 Å². The minimum Gasteiger partial charge on any atom is -0.476 e. The molecule has 0 aliphatic heterocycles. The molecule has 3 N–H and O–H groups in total. The molecule has 1 unspecified atom stereocenters. The van der Waals surface area contributed by atoms with Crippen LogP contribution in [0.3, 0.4) is 0 Å². The highest BCUT2D eigenvalue weighted by Crippen LogP contribution is 2.19. The van der Waals surface area contributed by atoms with Gasteiger partial charge >= 0.3 is 5.97 Å². The SMILES string of the molecule is CC(C)CC(C)(O)CNc1ccc(Cl)c(C(=O)O)n1. The van der Waals surface area contributed by atoms with Crippen molar-refractivity contribution in [1.82, 2.24) is 4.98 Å². The Morgan fingerprint density at radius 3 is 2.68 bits per heavy atom. The van der Waals surface area contributed by atoms with Gasteiger partial charge in [-0.25, -0.2) is 9.78 Å². The molecule has 0 aromatic carbocycles. The normalized spacial score (nSPS) is 14.2. The number of nitrogens with one attached hydrogen (secondary N) is 1. The van der Waals surface area contributed by atoms with E-state index >= 15 is 0 Å². The van der Waals surface area contributed by atoms with Crippen LogP contribution in [0.2, 0.25) is 5.02 Å². The Hall–Kier alpha value is -1.33. The van der Waals surface area contributed by atoms with Crippen LogP contribution in [0.4, 0.5) is 5.82 Å². The van der Waals surface area contributed by atoms with Crippen LogP contribution >= 0.6 is 11.6 Å². The average molecular weight is 287 g/mol. The molecule has 0 bridgehead atoms. The summed E-state index contributed by atoms with van der Waals surface area (Å²) < 4.78 is 0. The maximum absolute atomic E-state index is 10.9. The maximum Gasteiger partial charge on any atom is 0.356 e. The fourth-order valence-corrected chi connectivity index (χ4v) is 2.11. The number of halogens is 1. The van der Waals surface area contributed by atoms with Crippen LogP contribution in [-0.2, 0) is 0 Å². The fourth-order valence-electron chi connectivity index (χ4n) is 1.92. The molecule has 0 aliphatic carbocycles. The summed E-state index contributed by atoms with van der Waals surface area (Å²) in [6.07, 6.45) is 0.638. The molecule has 0 radical (unpaired) electrons. The van der Waals surface area contributed by atoms with Crippen LogP contribution in [0.5, 0.6) is 0 Å². The summed E-state index contributed by atoms with van der Waals surface area (Å²) in [6, 6.07) is 3.05. The summed E-state index contributed by atoms with van der Waals surface area (Å²) in [4.78, 5) is 14.8. The van der Waals surface area contributed by atoms with Crippen LogP contribution in [0.25, 0.3) is 0 Å². The Kier molecular flexibility index (Phi) is 5.14. The summed E-state index contributed by atoms with van der Waals surface area (Å²) in [5.41, 5.74) is -1.08. The van der Waals surface area contributed by atoms with Gasteiger partial charge in [-0.2, -0.15) is 0 Å². The second kappa shape index (κ2) is 6.21. The molecule has 0 aliphatic rings. The topological polar surface area (TPSA) is 82.5 Å². The van der Waals surface area contributed by atoms with E-state index in [0.717, 1.165) is 0 Å². The van der Waals surface area contributed by atoms with E-state index in [2.05, 4.69) is 10.3 Å². The molecule has 6 heteroatoms. The number of pyridine rings is 1. The van der Waals surface area contributed by atoms with E-state index in [4.69, 9.17) is 16.7 Å². The van der Waals surface area contributed by atoms with Crippen LogP contribution < -0.4 is 5.32 Å². The molecule has 19 heavy (non-hydrogen) atoms. The zero-order valence-electron chi connectivity index (χ0n) is 11.3. The summed E-state index contributed by atoms with van der Waals surface area (Å²) in [5, 5.41) is 22.1. The summed E-state index contributed by atoms with van der Waals surface area (Å²) in [6.45, 7) is 6.07. The molecular formula is C13H19ClN2O3. The lowest BCUT2D eigenvalue weighted by atomic mass is 9.94. The van der Waals surface area contributed by atoms with Crippen LogP contribution in [0.1, 0.15) is 37.7 Å². The van der Waals surface area contributed by atoms with Crippen molar-refractivity contribution in [1.29, 1.82) is 0 Å². The smallest absolute Gasteiger partial charge is 0.356 e. The molecule has 1 aromatic heterocycles. The van der Waals surface area contributed by atoms with E-state index in [1.807, 2.05) is 13.8 Å². The van der Waals surface area contributed by atoms with Gasteiger partial charge in [0.25, 0.3) is 0 Å². The number of anilines is 1. The van der Waals surface area contributed by atoms with E-state index < -0.39 is 11.6 Å². The first-order chi connectivity index (χ1) is 8.71. The van der Waals surface area contributed by atoms with Gasteiger partial charge in [0.1, 0.15) is 5.82 Å². The van der Waals surface area contributed by atoms with Gasteiger partial charge < -0.3 is 15.5 Å². The number of carboxylic acid groups (broad SMARTS) is 1. The highest BCUT2D eigenvalue weighted by Gasteiger charge is 2.22. The molecule has 0 saturated carbocycles.